The van der Waals surface area contributed by atoms with Gasteiger partial charge in [0.25, 0.3) is 0 Å². The predicted molar refractivity (Wildman–Crippen MR) is 312 cm³/mol. The topological polar surface area (TPSA) is 78.9 Å². The quantitative estimate of drug-likeness (QED) is 0.0261. The van der Waals surface area contributed by atoms with Crippen molar-refractivity contribution in [1.82, 2.24) is 0 Å². The fourth-order valence-electron chi connectivity index (χ4n) is 9.52. The Morgan fingerprint density at radius 3 is 0.833 bits per heavy atom. The molecular formula is C66H122O6. The number of esters is 3. The van der Waals surface area contributed by atoms with Crippen LogP contribution in [0.4, 0.5) is 0 Å². The molecule has 0 fully saturated rings. The molecule has 0 aliphatic rings. The second kappa shape index (κ2) is 61.2. The van der Waals surface area contributed by atoms with Crippen LogP contribution in [0.2, 0.25) is 0 Å². The van der Waals surface area contributed by atoms with E-state index in [4.69, 9.17) is 14.2 Å². The van der Waals surface area contributed by atoms with E-state index in [1.165, 1.54) is 231 Å². The molecule has 0 aliphatic heterocycles. The molecule has 0 aromatic rings. The van der Waals surface area contributed by atoms with E-state index in [1.54, 1.807) is 0 Å². The summed E-state index contributed by atoms with van der Waals surface area (Å²) in [5.41, 5.74) is 0. The second-order valence-corrected chi connectivity index (χ2v) is 21.7. The lowest BCUT2D eigenvalue weighted by molar-refractivity contribution is -0.167. The van der Waals surface area contributed by atoms with E-state index >= 15 is 0 Å². The first-order valence-electron chi connectivity index (χ1n) is 32.0. The number of allylic oxidation sites excluding steroid dienone is 6. The van der Waals surface area contributed by atoms with Crippen LogP contribution in [0, 0.1) is 0 Å². The maximum atomic E-state index is 12.9. The number of carbonyl (C=O) groups is 3. The SMILES string of the molecule is CCCC/C=C\CCCCCCCC(=O)OCC(COC(=O)CCCCCCCCCCCCCCCCCCCCCCCCCCC)OC(=O)CCCCCCCCC/C=C\C/C=C\CCCCCC. The summed E-state index contributed by atoms with van der Waals surface area (Å²) in [6.07, 6.45) is 74.5. The van der Waals surface area contributed by atoms with Gasteiger partial charge in [0.05, 0.1) is 0 Å². The molecule has 0 aliphatic carbocycles. The van der Waals surface area contributed by atoms with E-state index in [0.717, 1.165) is 77.0 Å². The van der Waals surface area contributed by atoms with Gasteiger partial charge in [-0.3, -0.25) is 14.4 Å². The average molecular weight is 1010 g/mol. The Morgan fingerprint density at radius 1 is 0.278 bits per heavy atom. The van der Waals surface area contributed by atoms with Crippen LogP contribution in [-0.4, -0.2) is 37.2 Å². The van der Waals surface area contributed by atoms with Crippen LogP contribution in [0.3, 0.4) is 0 Å². The number of unbranched alkanes of at least 4 members (excludes halogenated alkanes) is 42. The van der Waals surface area contributed by atoms with Crippen LogP contribution in [-0.2, 0) is 28.6 Å². The Morgan fingerprint density at radius 2 is 0.514 bits per heavy atom. The maximum absolute atomic E-state index is 12.9. The third kappa shape index (κ3) is 58.5. The van der Waals surface area contributed by atoms with Crippen LogP contribution in [0.25, 0.3) is 0 Å². The lowest BCUT2D eigenvalue weighted by atomic mass is 10.0. The second-order valence-electron chi connectivity index (χ2n) is 21.7. The van der Waals surface area contributed by atoms with Crippen molar-refractivity contribution in [3.63, 3.8) is 0 Å². The molecular weight excluding hydrogens is 889 g/mol. The summed E-state index contributed by atoms with van der Waals surface area (Å²) in [4.78, 5) is 38.2. The summed E-state index contributed by atoms with van der Waals surface area (Å²) in [5.74, 6) is -0.872. The highest BCUT2D eigenvalue weighted by Gasteiger charge is 2.19. The van der Waals surface area contributed by atoms with Crippen LogP contribution in [0.1, 0.15) is 348 Å². The minimum atomic E-state index is -0.777. The average Bonchev–Trinajstić information content (AvgIpc) is 3.38. The van der Waals surface area contributed by atoms with Gasteiger partial charge >= 0.3 is 17.9 Å². The van der Waals surface area contributed by atoms with Gasteiger partial charge < -0.3 is 14.2 Å². The Labute approximate surface area is 448 Å². The summed E-state index contributed by atoms with van der Waals surface area (Å²) in [5, 5.41) is 0. The van der Waals surface area contributed by atoms with E-state index < -0.39 is 6.10 Å². The van der Waals surface area contributed by atoms with Gasteiger partial charge in [-0.05, 0) is 70.6 Å². The lowest BCUT2D eigenvalue weighted by Crippen LogP contribution is -2.30. The number of rotatable bonds is 59. The molecule has 72 heavy (non-hydrogen) atoms. The predicted octanol–water partition coefficient (Wildman–Crippen LogP) is 21.6. The van der Waals surface area contributed by atoms with Crippen molar-refractivity contribution in [3.05, 3.63) is 36.5 Å². The van der Waals surface area contributed by atoms with Gasteiger partial charge in [0.2, 0.25) is 0 Å². The normalized spacial score (nSPS) is 12.2. The Kier molecular flexibility index (Phi) is 59.2. The zero-order valence-corrected chi connectivity index (χ0v) is 48.5. The summed E-state index contributed by atoms with van der Waals surface area (Å²) in [6.45, 7) is 6.63. The summed E-state index contributed by atoms with van der Waals surface area (Å²) in [6, 6.07) is 0. The molecule has 0 rings (SSSR count). The Hall–Kier alpha value is -2.37. The first kappa shape index (κ1) is 69.6. The zero-order valence-electron chi connectivity index (χ0n) is 48.5. The Bertz CT molecular complexity index is 1210. The molecule has 0 N–H and O–H groups in total. The van der Waals surface area contributed by atoms with Gasteiger partial charge in [-0.15, -0.1) is 0 Å². The van der Waals surface area contributed by atoms with Crippen molar-refractivity contribution >= 4 is 17.9 Å². The fourth-order valence-corrected chi connectivity index (χ4v) is 9.52. The third-order valence-corrected chi connectivity index (χ3v) is 14.4. The summed E-state index contributed by atoms with van der Waals surface area (Å²) >= 11 is 0. The molecule has 0 bridgehead atoms. The van der Waals surface area contributed by atoms with Gasteiger partial charge in [-0.2, -0.15) is 0 Å². The molecule has 422 valence electrons. The van der Waals surface area contributed by atoms with Crippen LogP contribution in [0.5, 0.6) is 0 Å². The number of ether oxygens (including phenoxy) is 3. The van der Waals surface area contributed by atoms with Gasteiger partial charge in [-0.1, -0.05) is 295 Å². The minimum Gasteiger partial charge on any atom is -0.462 e. The van der Waals surface area contributed by atoms with E-state index in [-0.39, 0.29) is 31.1 Å². The van der Waals surface area contributed by atoms with E-state index in [2.05, 4.69) is 57.2 Å². The van der Waals surface area contributed by atoms with Gasteiger partial charge in [0.1, 0.15) is 13.2 Å². The zero-order chi connectivity index (χ0) is 52.2. The number of carbonyl (C=O) groups excluding carboxylic acids is 3. The van der Waals surface area contributed by atoms with Gasteiger partial charge in [-0.25, -0.2) is 0 Å². The fraction of sp³-hybridized carbons (Fsp3) is 0.864. The molecule has 6 heteroatoms. The van der Waals surface area contributed by atoms with Crippen molar-refractivity contribution in [3.8, 4) is 0 Å². The van der Waals surface area contributed by atoms with Crippen molar-refractivity contribution in [2.45, 2.75) is 354 Å². The molecule has 1 unspecified atom stereocenters. The van der Waals surface area contributed by atoms with Crippen LogP contribution >= 0.6 is 0 Å². The first-order valence-corrected chi connectivity index (χ1v) is 32.0. The van der Waals surface area contributed by atoms with Gasteiger partial charge in [0.15, 0.2) is 6.10 Å². The van der Waals surface area contributed by atoms with Gasteiger partial charge in [0, 0.05) is 19.3 Å². The smallest absolute Gasteiger partial charge is 0.306 e. The van der Waals surface area contributed by atoms with E-state index in [0.29, 0.717) is 19.3 Å². The van der Waals surface area contributed by atoms with Crippen molar-refractivity contribution < 1.29 is 28.6 Å². The third-order valence-electron chi connectivity index (χ3n) is 14.4. The van der Waals surface area contributed by atoms with E-state index in [9.17, 15) is 14.4 Å². The first-order chi connectivity index (χ1) is 35.5. The molecule has 1 atom stereocenters. The van der Waals surface area contributed by atoms with Crippen molar-refractivity contribution in [1.29, 1.82) is 0 Å². The highest BCUT2D eigenvalue weighted by Crippen LogP contribution is 2.18. The Balaban J connectivity index is 4.21. The number of hydrogen-bond acceptors (Lipinski definition) is 6. The van der Waals surface area contributed by atoms with Crippen LogP contribution < -0.4 is 0 Å². The van der Waals surface area contributed by atoms with Crippen molar-refractivity contribution in [2.24, 2.45) is 0 Å². The molecule has 0 aromatic heterocycles. The monoisotopic (exact) mass is 1010 g/mol. The largest absolute Gasteiger partial charge is 0.462 e. The molecule has 0 aromatic carbocycles. The molecule has 6 nitrogen and oxygen atoms in total. The molecule has 0 saturated heterocycles. The summed E-state index contributed by atoms with van der Waals surface area (Å²) < 4.78 is 16.9. The number of hydrogen-bond donors (Lipinski definition) is 0. The highest BCUT2D eigenvalue weighted by molar-refractivity contribution is 5.71. The lowest BCUT2D eigenvalue weighted by Gasteiger charge is -2.18. The molecule has 0 amide bonds. The molecule has 0 spiro atoms. The molecule has 0 heterocycles. The standard InChI is InChI=1S/C66H122O6/c1-4-7-10-13-16-19-22-24-26-28-30-31-32-33-34-35-36-38-39-41-44-47-50-53-56-59-65(68)71-62-63(61-70-64(67)58-55-52-49-46-43-21-18-15-12-9-6-3)72-66(69)60-57-54-51-48-45-42-40-37-29-27-25-23-20-17-14-11-8-5-2/h15,18,20,23,27,29,63H,4-14,16-17,19,21-22,24-26,28,30-62H2,1-3H3/b18-15-,23-20-,29-27-. The van der Waals surface area contributed by atoms with E-state index in [1.807, 2.05) is 0 Å². The summed E-state index contributed by atoms with van der Waals surface area (Å²) in [7, 11) is 0. The van der Waals surface area contributed by atoms with Crippen molar-refractivity contribution in [2.75, 3.05) is 13.2 Å². The molecule has 0 saturated carbocycles. The molecule has 0 radical (unpaired) electrons. The minimum absolute atomic E-state index is 0.0742. The maximum Gasteiger partial charge on any atom is 0.306 e. The highest BCUT2D eigenvalue weighted by atomic mass is 16.6. The van der Waals surface area contributed by atoms with Crippen LogP contribution in [0.15, 0.2) is 36.5 Å².